The summed E-state index contributed by atoms with van der Waals surface area (Å²) in [5.74, 6) is -1.51. The second-order valence-electron chi connectivity index (χ2n) is 9.64. The first-order valence-electron chi connectivity index (χ1n) is 12.3. The average Bonchev–Trinajstić information content (AvgIpc) is 3.23. The van der Waals surface area contributed by atoms with Gasteiger partial charge in [-0.3, -0.25) is 14.3 Å². The van der Waals surface area contributed by atoms with Crippen LogP contribution in [0.5, 0.6) is 6.01 Å². The standard InChI is InChI=1S/C26H29FN8O3/c1-14-11-35(12-15(2)30-14)21-5-4-18(24-19(21)10-29-26(32-24)38-7-6-22(28)36)25(37)31-17-8-16-13-34(3)33-23(16)20(27)9-17/h4-5,8-10,13-15,30H,6-7,11-12H2,1-3H3,(H2,28,36)(H,31,37)/t14-,15-/m0/s1. The Morgan fingerprint density at radius 2 is 1.97 bits per heavy atom. The molecule has 0 spiro atoms. The minimum Gasteiger partial charge on any atom is -0.463 e. The van der Waals surface area contributed by atoms with E-state index >= 15 is 0 Å². The van der Waals surface area contributed by atoms with Crippen LogP contribution in [0.3, 0.4) is 0 Å². The van der Waals surface area contributed by atoms with Crippen LogP contribution >= 0.6 is 0 Å². The van der Waals surface area contributed by atoms with Gasteiger partial charge >= 0.3 is 6.01 Å². The Bertz CT molecular complexity index is 1530. The zero-order valence-electron chi connectivity index (χ0n) is 21.4. The van der Waals surface area contributed by atoms with Crippen molar-refractivity contribution in [2.24, 2.45) is 12.8 Å². The van der Waals surface area contributed by atoms with E-state index in [-0.39, 0.29) is 42.2 Å². The van der Waals surface area contributed by atoms with E-state index < -0.39 is 17.6 Å². The smallest absolute Gasteiger partial charge is 0.316 e. The van der Waals surface area contributed by atoms with E-state index in [9.17, 15) is 14.0 Å². The number of hydrogen-bond donors (Lipinski definition) is 3. The molecule has 0 radical (unpaired) electrons. The fourth-order valence-corrected chi connectivity index (χ4v) is 4.87. The summed E-state index contributed by atoms with van der Waals surface area (Å²) in [6.07, 6.45) is 3.30. The van der Waals surface area contributed by atoms with Crippen molar-refractivity contribution in [3.63, 3.8) is 0 Å². The molecular weight excluding hydrogens is 491 g/mol. The maximum Gasteiger partial charge on any atom is 0.316 e. The van der Waals surface area contributed by atoms with Crippen molar-refractivity contribution < 1.29 is 18.7 Å². The molecule has 2 amide bonds. The van der Waals surface area contributed by atoms with E-state index in [2.05, 4.69) is 44.4 Å². The normalized spacial score (nSPS) is 17.6. The van der Waals surface area contributed by atoms with Crippen LogP contribution < -0.4 is 26.0 Å². The topological polar surface area (TPSA) is 140 Å². The third-order valence-electron chi connectivity index (χ3n) is 6.36. The van der Waals surface area contributed by atoms with Gasteiger partial charge in [-0.15, -0.1) is 0 Å². The van der Waals surface area contributed by atoms with Gasteiger partial charge in [-0.25, -0.2) is 9.37 Å². The van der Waals surface area contributed by atoms with Crippen LogP contribution in [0.25, 0.3) is 21.8 Å². The van der Waals surface area contributed by atoms with Gasteiger partial charge in [0.1, 0.15) is 12.1 Å². The number of amides is 2. The lowest BCUT2D eigenvalue weighted by molar-refractivity contribution is -0.118. The summed E-state index contributed by atoms with van der Waals surface area (Å²) in [6, 6.07) is 7.04. The third-order valence-corrected chi connectivity index (χ3v) is 6.36. The van der Waals surface area contributed by atoms with Gasteiger partial charge in [-0.2, -0.15) is 10.1 Å². The Kier molecular flexibility index (Phi) is 6.81. The fraction of sp³-hybridized carbons (Fsp3) is 0.346. The van der Waals surface area contributed by atoms with E-state index in [0.717, 1.165) is 18.8 Å². The van der Waals surface area contributed by atoms with Gasteiger partial charge in [-0.1, -0.05) is 0 Å². The van der Waals surface area contributed by atoms with Gasteiger partial charge in [0.2, 0.25) is 5.91 Å². The minimum absolute atomic E-state index is 0.00766. The number of aryl methyl sites for hydroxylation is 1. The molecule has 2 atom stereocenters. The van der Waals surface area contributed by atoms with Gasteiger partial charge in [0.25, 0.3) is 5.91 Å². The van der Waals surface area contributed by atoms with E-state index in [1.807, 2.05) is 6.07 Å². The third kappa shape index (κ3) is 5.21. The van der Waals surface area contributed by atoms with Crippen LogP contribution in [0.2, 0.25) is 0 Å². The lowest BCUT2D eigenvalue weighted by Gasteiger charge is -2.38. The Balaban J connectivity index is 1.52. The molecular formula is C26H29FN8O3. The molecule has 0 aliphatic carbocycles. The van der Waals surface area contributed by atoms with E-state index in [1.165, 1.54) is 10.7 Å². The SMILES string of the molecule is C[C@H]1CN(c2ccc(C(=O)Nc3cc(F)c4nn(C)cc4c3)c3nc(OCCC(N)=O)ncc23)C[C@H](C)N1. The van der Waals surface area contributed by atoms with Crippen molar-refractivity contribution >= 4 is 45.0 Å². The molecule has 2 aromatic carbocycles. The summed E-state index contributed by atoms with van der Waals surface area (Å²) in [4.78, 5) is 35.6. The molecule has 1 saturated heterocycles. The number of hydrogen-bond acceptors (Lipinski definition) is 8. The number of ether oxygens (including phenoxy) is 1. The first-order valence-corrected chi connectivity index (χ1v) is 12.3. The van der Waals surface area contributed by atoms with E-state index in [0.29, 0.717) is 22.0 Å². The van der Waals surface area contributed by atoms with Crippen LogP contribution in [-0.2, 0) is 11.8 Å². The second-order valence-corrected chi connectivity index (χ2v) is 9.64. The van der Waals surface area contributed by atoms with Crippen molar-refractivity contribution in [1.29, 1.82) is 0 Å². The molecule has 3 heterocycles. The number of fused-ring (bicyclic) bond motifs is 2. The highest BCUT2D eigenvalue weighted by Crippen LogP contribution is 2.31. The zero-order chi connectivity index (χ0) is 27.0. The Hall–Kier alpha value is -4.32. The fourth-order valence-electron chi connectivity index (χ4n) is 4.87. The molecule has 0 unspecified atom stereocenters. The Morgan fingerprint density at radius 3 is 2.71 bits per heavy atom. The molecule has 5 rings (SSSR count). The molecule has 4 N–H and O–H groups in total. The van der Waals surface area contributed by atoms with Gasteiger partial charge < -0.3 is 26.0 Å². The maximum atomic E-state index is 14.6. The Labute approximate surface area is 218 Å². The van der Waals surface area contributed by atoms with Crippen LogP contribution in [0, 0.1) is 5.82 Å². The molecule has 198 valence electrons. The highest BCUT2D eigenvalue weighted by molar-refractivity contribution is 6.14. The number of anilines is 2. The molecule has 1 aliphatic rings. The number of nitrogens with zero attached hydrogens (tertiary/aromatic N) is 5. The summed E-state index contributed by atoms with van der Waals surface area (Å²) in [6.45, 7) is 5.79. The summed E-state index contributed by atoms with van der Waals surface area (Å²) in [5, 5.41) is 11.6. The minimum atomic E-state index is -0.534. The van der Waals surface area contributed by atoms with Gasteiger partial charge in [0.15, 0.2) is 5.82 Å². The molecule has 1 aliphatic heterocycles. The van der Waals surface area contributed by atoms with E-state index in [4.69, 9.17) is 10.5 Å². The van der Waals surface area contributed by atoms with Crippen LogP contribution in [0.15, 0.2) is 36.7 Å². The average molecular weight is 521 g/mol. The predicted octanol–water partition coefficient (Wildman–Crippen LogP) is 2.35. The molecule has 11 nitrogen and oxygen atoms in total. The lowest BCUT2D eigenvalue weighted by atomic mass is 10.0. The molecule has 12 heteroatoms. The zero-order valence-corrected chi connectivity index (χ0v) is 21.4. The van der Waals surface area contributed by atoms with Crippen LogP contribution in [0.4, 0.5) is 15.8 Å². The lowest BCUT2D eigenvalue weighted by Crippen LogP contribution is -2.54. The predicted molar refractivity (Wildman–Crippen MR) is 142 cm³/mol. The highest BCUT2D eigenvalue weighted by Gasteiger charge is 2.25. The first kappa shape index (κ1) is 25.3. The van der Waals surface area contributed by atoms with E-state index in [1.54, 1.807) is 31.6 Å². The quantitative estimate of drug-likeness (QED) is 0.337. The van der Waals surface area contributed by atoms with Crippen molar-refractivity contribution in [1.82, 2.24) is 25.1 Å². The monoisotopic (exact) mass is 520 g/mol. The number of piperazine rings is 1. The van der Waals surface area contributed by atoms with Gasteiger partial charge in [0.05, 0.1) is 17.5 Å². The van der Waals surface area contributed by atoms with Crippen LogP contribution in [0.1, 0.15) is 30.6 Å². The van der Waals surface area contributed by atoms with Gasteiger partial charge in [0, 0.05) is 66.8 Å². The molecule has 0 bridgehead atoms. The first-order chi connectivity index (χ1) is 18.2. The largest absolute Gasteiger partial charge is 0.463 e. The molecule has 0 saturated carbocycles. The van der Waals surface area contributed by atoms with Crippen molar-refractivity contribution in [2.75, 3.05) is 29.9 Å². The summed E-state index contributed by atoms with van der Waals surface area (Å²) >= 11 is 0. The molecule has 2 aromatic heterocycles. The Morgan fingerprint density at radius 1 is 1.21 bits per heavy atom. The van der Waals surface area contributed by atoms with Crippen molar-refractivity contribution in [3.8, 4) is 6.01 Å². The number of nitrogens with one attached hydrogen (secondary N) is 2. The number of aromatic nitrogens is 4. The number of benzene rings is 2. The number of primary amides is 1. The van der Waals surface area contributed by atoms with Crippen molar-refractivity contribution in [2.45, 2.75) is 32.4 Å². The summed E-state index contributed by atoms with van der Waals surface area (Å²) < 4.78 is 21.6. The second kappa shape index (κ2) is 10.2. The number of carbonyl (C=O) groups excluding carboxylic acids is 2. The number of carbonyl (C=O) groups is 2. The number of halogens is 1. The maximum absolute atomic E-state index is 14.6. The molecule has 1 fully saturated rings. The molecule has 38 heavy (non-hydrogen) atoms. The molecule has 4 aromatic rings. The summed E-state index contributed by atoms with van der Waals surface area (Å²) in [5.41, 5.74) is 7.27. The summed E-state index contributed by atoms with van der Waals surface area (Å²) in [7, 11) is 1.70. The van der Waals surface area contributed by atoms with Crippen molar-refractivity contribution in [3.05, 3.63) is 48.0 Å². The number of nitrogens with two attached hydrogens (primary N) is 1. The highest BCUT2D eigenvalue weighted by atomic mass is 19.1. The van der Waals surface area contributed by atoms with Crippen LogP contribution in [-0.4, -0.2) is 63.3 Å². The number of rotatable bonds is 7. The van der Waals surface area contributed by atoms with Gasteiger partial charge in [-0.05, 0) is 38.1 Å².